The Hall–Kier alpha value is -1.09. The van der Waals surface area contributed by atoms with Crippen molar-refractivity contribution in [2.45, 2.75) is 58.9 Å². The standard InChI is InChI=1S/C16H26N2S/c1-4-6-8-13(7-5-2)18-15-10-9-12(3)11-14(15)16(17)19/h9-11,13,18H,4-8H2,1-3H3,(H2,17,19). The van der Waals surface area contributed by atoms with Crippen molar-refractivity contribution >= 4 is 22.9 Å². The van der Waals surface area contributed by atoms with Crippen LogP contribution < -0.4 is 11.1 Å². The summed E-state index contributed by atoms with van der Waals surface area (Å²) in [7, 11) is 0. The average molecular weight is 278 g/mol. The topological polar surface area (TPSA) is 38.0 Å². The van der Waals surface area contributed by atoms with Crippen LogP contribution in [0.15, 0.2) is 18.2 Å². The van der Waals surface area contributed by atoms with Gasteiger partial charge in [0.25, 0.3) is 0 Å². The molecule has 3 N–H and O–H groups in total. The third-order valence-corrected chi connectivity index (χ3v) is 3.56. The maximum absolute atomic E-state index is 5.82. The van der Waals surface area contributed by atoms with E-state index >= 15 is 0 Å². The summed E-state index contributed by atoms with van der Waals surface area (Å²) in [6.07, 6.45) is 6.07. The first-order chi connectivity index (χ1) is 9.08. The summed E-state index contributed by atoms with van der Waals surface area (Å²) >= 11 is 5.15. The molecule has 0 amide bonds. The number of aryl methyl sites for hydroxylation is 1. The molecule has 0 saturated heterocycles. The zero-order valence-electron chi connectivity index (χ0n) is 12.3. The summed E-state index contributed by atoms with van der Waals surface area (Å²) in [6.45, 7) is 6.52. The number of nitrogens with one attached hydrogen (secondary N) is 1. The Balaban J connectivity index is 2.85. The van der Waals surface area contributed by atoms with E-state index in [0.29, 0.717) is 11.0 Å². The van der Waals surface area contributed by atoms with Gasteiger partial charge in [-0.3, -0.25) is 0 Å². The summed E-state index contributed by atoms with van der Waals surface area (Å²) in [4.78, 5) is 0.469. The molecule has 1 atom stereocenters. The van der Waals surface area contributed by atoms with Gasteiger partial charge in [0.2, 0.25) is 0 Å². The molecule has 19 heavy (non-hydrogen) atoms. The molecule has 1 aromatic rings. The highest BCUT2D eigenvalue weighted by Gasteiger charge is 2.11. The molecule has 1 aromatic carbocycles. The van der Waals surface area contributed by atoms with Crippen molar-refractivity contribution in [3.8, 4) is 0 Å². The largest absolute Gasteiger partial charge is 0.389 e. The van der Waals surface area contributed by atoms with E-state index in [0.717, 1.165) is 11.3 Å². The van der Waals surface area contributed by atoms with Gasteiger partial charge in [0.1, 0.15) is 4.99 Å². The lowest BCUT2D eigenvalue weighted by Gasteiger charge is -2.21. The fourth-order valence-corrected chi connectivity index (χ4v) is 2.46. The molecule has 0 aliphatic carbocycles. The lowest BCUT2D eigenvalue weighted by atomic mass is 10.0. The fraction of sp³-hybridized carbons (Fsp3) is 0.562. The van der Waals surface area contributed by atoms with Gasteiger partial charge in [0, 0.05) is 17.3 Å². The van der Waals surface area contributed by atoms with Gasteiger partial charge in [-0.05, 0) is 31.9 Å². The lowest BCUT2D eigenvalue weighted by Crippen LogP contribution is -2.22. The van der Waals surface area contributed by atoms with Crippen LogP contribution in [0, 0.1) is 6.92 Å². The summed E-state index contributed by atoms with van der Waals surface area (Å²) < 4.78 is 0. The van der Waals surface area contributed by atoms with E-state index in [4.69, 9.17) is 18.0 Å². The highest BCUT2D eigenvalue weighted by molar-refractivity contribution is 7.80. The quantitative estimate of drug-likeness (QED) is 0.692. The van der Waals surface area contributed by atoms with E-state index in [1.807, 2.05) is 0 Å². The first-order valence-electron chi connectivity index (χ1n) is 7.25. The first kappa shape index (κ1) is 16.0. The molecule has 0 aliphatic heterocycles. The van der Waals surface area contributed by atoms with Gasteiger partial charge in [-0.2, -0.15) is 0 Å². The number of hydrogen-bond acceptors (Lipinski definition) is 2. The number of nitrogens with two attached hydrogens (primary N) is 1. The SMILES string of the molecule is CCCCC(CCC)Nc1ccc(C)cc1C(N)=S. The van der Waals surface area contributed by atoms with Crippen LogP contribution in [0.5, 0.6) is 0 Å². The van der Waals surface area contributed by atoms with E-state index in [-0.39, 0.29) is 0 Å². The van der Waals surface area contributed by atoms with Crippen LogP contribution >= 0.6 is 12.2 Å². The highest BCUT2D eigenvalue weighted by atomic mass is 32.1. The molecule has 106 valence electrons. The van der Waals surface area contributed by atoms with E-state index in [9.17, 15) is 0 Å². The second-order valence-electron chi connectivity index (χ2n) is 5.19. The molecule has 0 radical (unpaired) electrons. The highest BCUT2D eigenvalue weighted by Crippen LogP contribution is 2.21. The zero-order valence-corrected chi connectivity index (χ0v) is 13.1. The lowest BCUT2D eigenvalue weighted by molar-refractivity contribution is 0.564. The molecule has 0 saturated carbocycles. The van der Waals surface area contributed by atoms with Gasteiger partial charge in [-0.25, -0.2) is 0 Å². The predicted molar refractivity (Wildman–Crippen MR) is 88.9 cm³/mol. The third-order valence-electron chi connectivity index (χ3n) is 3.34. The Morgan fingerprint density at radius 3 is 2.58 bits per heavy atom. The van der Waals surface area contributed by atoms with Crippen molar-refractivity contribution in [2.75, 3.05) is 5.32 Å². The molecule has 0 bridgehead atoms. The maximum atomic E-state index is 5.82. The average Bonchev–Trinajstić information content (AvgIpc) is 2.38. The molecular formula is C16H26N2S. The number of hydrogen-bond donors (Lipinski definition) is 2. The normalized spacial score (nSPS) is 12.2. The smallest absolute Gasteiger partial charge is 0.106 e. The minimum Gasteiger partial charge on any atom is -0.389 e. The molecule has 1 unspecified atom stereocenters. The molecule has 0 heterocycles. The molecule has 3 heteroatoms. The van der Waals surface area contributed by atoms with Gasteiger partial charge < -0.3 is 11.1 Å². The van der Waals surface area contributed by atoms with E-state index in [2.05, 4.69) is 44.3 Å². The van der Waals surface area contributed by atoms with Gasteiger partial charge in [0.05, 0.1) is 0 Å². The van der Waals surface area contributed by atoms with Crippen LogP contribution in [-0.4, -0.2) is 11.0 Å². The van der Waals surface area contributed by atoms with Crippen molar-refractivity contribution in [3.63, 3.8) is 0 Å². The van der Waals surface area contributed by atoms with Crippen molar-refractivity contribution < 1.29 is 0 Å². The van der Waals surface area contributed by atoms with Crippen molar-refractivity contribution in [1.29, 1.82) is 0 Å². The molecule has 0 aliphatic rings. The summed E-state index contributed by atoms with van der Waals surface area (Å²) in [5.74, 6) is 0. The Kier molecular flexibility index (Phi) is 6.85. The first-order valence-corrected chi connectivity index (χ1v) is 7.66. The van der Waals surface area contributed by atoms with Crippen LogP contribution in [0.25, 0.3) is 0 Å². The fourth-order valence-electron chi connectivity index (χ4n) is 2.30. The Morgan fingerprint density at radius 2 is 2.00 bits per heavy atom. The van der Waals surface area contributed by atoms with E-state index < -0.39 is 0 Å². The van der Waals surface area contributed by atoms with Crippen molar-refractivity contribution in [2.24, 2.45) is 5.73 Å². The van der Waals surface area contributed by atoms with E-state index in [1.54, 1.807) is 0 Å². The van der Waals surface area contributed by atoms with Crippen molar-refractivity contribution in [1.82, 2.24) is 0 Å². The minimum absolute atomic E-state index is 0.469. The Labute approximate surface area is 122 Å². The van der Waals surface area contributed by atoms with Gasteiger partial charge in [0.15, 0.2) is 0 Å². The summed E-state index contributed by atoms with van der Waals surface area (Å²) in [6, 6.07) is 6.78. The third kappa shape index (κ3) is 5.19. The predicted octanol–water partition coefficient (Wildman–Crippen LogP) is 4.40. The van der Waals surface area contributed by atoms with Crippen LogP contribution in [0.3, 0.4) is 0 Å². The maximum Gasteiger partial charge on any atom is 0.106 e. The van der Waals surface area contributed by atoms with Gasteiger partial charge in [-0.15, -0.1) is 0 Å². The summed E-state index contributed by atoms with van der Waals surface area (Å²) in [5, 5.41) is 3.62. The molecule has 1 rings (SSSR count). The van der Waals surface area contributed by atoms with Crippen LogP contribution in [-0.2, 0) is 0 Å². The molecular weight excluding hydrogens is 252 g/mol. The van der Waals surface area contributed by atoms with Crippen LogP contribution in [0.4, 0.5) is 5.69 Å². The minimum atomic E-state index is 0.469. The van der Waals surface area contributed by atoms with Gasteiger partial charge >= 0.3 is 0 Å². The zero-order chi connectivity index (χ0) is 14.3. The molecule has 2 nitrogen and oxygen atoms in total. The van der Waals surface area contributed by atoms with Crippen molar-refractivity contribution in [3.05, 3.63) is 29.3 Å². The second-order valence-corrected chi connectivity index (χ2v) is 5.63. The number of unbranched alkanes of at least 4 members (excludes halogenated alkanes) is 1. The second kappa shape index (κ2) is 8.16. The Morgan fingerprint density at radius 1 is 1.26 bits per heavy atom. The molecule has 0 spiro atoms. The molecule has 0 fully saturated rings. The number of benzene rings is 1. The van der Waals surface area contributed by atoms with Gasteiger partial charge in [-0.1, -0.05) is 57.0 Å². The Bertz CT molecular complexity index is 415. The monoisotopic (exact) mass is 278 g/mol. The van der Waals surface area contributed by atoms with E-state index in [1.165, 1.54) is 37.7 Å². The number of rotatable bonds is 8. The van der Waals surface area contributed by atoms with Crippen LogP contribution in [0.1, 0.15) is 57.1 Å². The number of thiocarbonyl (C=S) groups is 1. The number of anilines is 1. The summed E-state index contributed by atoms with van der Waals surface area (Å²) in [5.41, 5.74) is 9.06. The molecule has 0 aromatic heterocycles. The van der Waals surface area contributed by atoms with Crippen LogP contribution in [0.2, 0.25) is 0 Å².